The Hall–Kier alpha value is -1.74. The van der Waals surface area contributed by atoms with Crippen LogP contribution in [-0.4, -0.2) is 18.4 Å². The second-order valence-electron chi connectivity index (χ2n) is 3.75. The average molecular weight is 326 g/mol. The minimum Gasteiger partial charge on any atom is -0.334 e. The van der Waals surface area contributed by atoms with Crippen LogP contribution in [0, 0.1) is 0 Å². The quantitative estimate of drug-likeness (QED) is 0.911. The molecule has 2 N–H and O–H groups in total. The summed E-state index contributed by atoms with van der Waals surface area (Å²) in [5.41, 5.74) is -1.34. The fraction of sp³-hybridized carbons (Fsp3) is 0.100. The standard InChI is InChI=1S/C10H7ClF3N3O2S/c11-7-1-6(10(12,13)14)2-8(3-7)17-20(18,19)9-4-15-5-16-9/h1-5,17H,(H,15,16). The molecule has 0 fully saturated rings. The maximum absolute atomic E-state index is 12.6. The van der Waals surface area contributed by atoms with Crippen LogP contribution in [0.2, 0.25) is 5.02 Å². The maximum atomic E-state index is 12.6. The SMILES string of the molecule is O=S(=O)(Nc1cc(Cl)cc(C(F)(F)F)c1)c1cnc[nH]1. The second kappa shape index (κ2) is 4.98. The van der Waals surface area contributed by atoms with E-state index in [-0.39, 0.29) is 15.7 Å². The molecule has 0 saturated heterocycles. The molecule has 0 bridgehead atoms. The van der Waals surface area contributed by atoms with E-state index in [1.54, 1.807) is 0 Å². The van der Waals surface area contributed by atoms with Crippen molar-refractivity contribution in [2.24, 2.45) is 0 Å². The van der Waals surface area contributed by atoms with Crippen LogP contribution in [0.15, 0.2) is 35.7 Å². The zero-order chi connectivity index (χ0) is 15.0. The van der Waals surface area contributed by atoms with E-state index in [9.17, 15) is 21.6 Å². The third-order valence-electron chi connectivity index (χ3n) is 2.24. The maximum Gasteiger partial charge on any atom is 0.416 e. The molecule has 1 heterocycles. The third-order valence-corrected chi connectivity index (χ3v) is 3.76. The molecule has 108 valence electrons. The number of hydrogen-bond acceptors (Lipinski definition) is 3. The molecule has 0 unspecified atom stereocenters. The number of nitrogens with one attached hydrogen (secondary N) is 2. The first-order valence-electron chi connectivity index (χ1n) is 5.07. The van der Waals surface area contributed by atoms with Gasteiger partial charge in [-0.05, 0) is 18.2 Å². The Bertz CT molecular complexity index is 714. The molecule has 0 atom stereocenters. The minimum atomic E-state index is -4.63. The van der Waals surface area contributed by atoms with Crippen molar-refractivity contribution in [2.45, 2.75) is 11.2 Å². The van der Waals surface area contributed by atoms with E-state index in [1.165, 1.54) is 0 Å². The minimum absolute atomic E-state index is 0.234. The van der Waals surface area contributed by atoms with E-state index in [0.29, 0.717) is 12.1 Å². The van der Waals surface area contributed by atoms with Crippen molar-refractivity contribution < 1.29 is 21.6 Å². The monoisotopic (exact) mass is 325 g/mol. The summed E-state index contributed by atoms with van der Waals surface area (Å²) >= 11 is 5.55. The van der Waals surface area contributed by atoms with E-state index in [4.69, 9.17) is 11.6 Å². The molecule has 0 aliphatic carbocycles. The van der Waals surface area contributed by atoms with Gasteiger partial charge in [-0.15, -0.1) is 0 Å². The first-order chi connectivity index (χ1) is 9.18. The Morgan fingerprint density at radius 1 is 1.25 bits per heavy atom. The van der Waals surface area contributed by atoms with E-state index in [2.05, 4.69) is 9.97 Å². The number of imidazole rings is 1. The van der Waals surface area contributed by atoms with Gasteiger partial charge in [0.25, 0.3) is 10.0 Å². The molecule has 0 saturated carbocycles. The van der Waals surface area contributed by atoms with Gasteiger partial charge in [-0.1, -0.05) is 11.6 Å². The number of aromatic nitrogens is 2. The van der Waals surface area contributed by atoms with Gasteiger partial charge in [0.15, 0.2) is 5.03 Å². The first kappa shape index (κ1) is 14.7. The molecule has 2 rings (SSSR count). The Morgan fingerprint density at radius 2 is 1.95 bits per heavy atom. The van der Waals surface area contributed by atoms with Gasteiger partial charge in [0.2, 0.25) is 0 Å². The van der Waals surface area contributed by atoms with Gasteiger partial charge in [0, 0.05) is 5.02 Å². The van der Waals surface area contributed by atoms with Crippen molar-refractivity contribution in [1.29, 1.82) is 0 Å². The van der Waals surface area contributed by atoms with Crippen LogP contribution >= 0.6 is 11.6 Å². The van der Waals surface area contributed by atoms with Gasteiger partial charge >= 0.3 is 6.18 Å². The molecule has 20 heavy (non-hydrogen) atoms. The number of rotatable bonds is 3. The summed E-state index contributed by atoms with van der Waals surface area (Å²) < 4.78 is 63.5. The predicted molar refractivity (Wildman–Crippen MR) is 65.9 cm³/mol. The molecule has 0 aliphatic rings. The zero-order valence-corrected chi connectivity index (χ0v) is 11.1. The number of alkyl halides is 3. The van der Waals surface area contributed by atoms with Crippen LogP contribution in [0.3, 0.4) is 0 Å². The molecule has 1 aromatic heterocycles. The highest BCUT2D eigenvalue weighted by Gasteiger charge is 2.31. The number of sulfonamides is 1. The van der Waals surface area contributed by atoms with E-state index < -0.39 is 21.8 Å². The lowest BCUT2D eigenvalue weighted by atomic mass is 10.2. The molecule has 2 aromatic rings. The number of anilines is 1. The van der Waals surface area contributed by atoms with Crippen molar-refractivity contribution in [2.75, 3.05) is 4.72 Å². The Balaban J connectivity index is 2.38. The summed E-state index contributed by atoms with van der Waals surface area (Å²) in [5.74, 6) is 0. The first-order valence-corrected chi connectivity index (χ1v) is 6.93. The number of aromatic amines is 1. The predicted octanol–water partition coefficient (Wildman–Crippen LogP) is 2.88. The fourth-order valence-corrected chi connectivity index (χ4v) is 2.59. The van der Waals surface area contributed by atoms with Crippen LogP contribution in [0.4, 0.5) is 18.9 Å². The average Bonchev–Trinajstić information content (AvgIpc) is 2.79. The lowest BCUT2D eigenvalue weighted by Gasteiger charge is -2.11. The number of halogens is 4. The van der Waals surface area contributed by atoms with Crippen LogP contribution in [0.5, 0.6) is 0 Å². The molecule has 0 radical (unpaired) electrons. The van der Waals surface area contributed by atoms with E-state index >= 15 is 0 Å². The lowest BCUT2D eigenvalue weighted by Crippen LogP contribution is -2.14. The number of H-pyrrole nitrogens is 1. The molecule has 10 heteroatoms. The molecule has 0 spiro atoms. The Kier molecular flexibility index (Phi) is 3.65. The Labute approximate surface area is 116 Å². The number of benzene rings is 1. The number of nitrogens with zero attached hydrogens (tertiary/aromatic N) is 1. The van der Waals surface area contributed by atoms with Crippen LogP contribution < -0.4 is 4.72 Å². The lowest BCUT2D eigenvalue weighted by molar-refractivity contribution is -0.137. The van der Waals surface area contributed by atoms with Gasteiger partial charge in [-0.25, -0.2) is 4.98 Å². The highest BCUT2D eigenvalue weighted by molar-refractivity contribution is 7.92. The van der Waals surface area contributed by atoms with Gasteiger partial charge < -0.3 is 4.98 Å². The summed E-state index contributed by atoms with van der Waals surface area (Å²) in [6, 6.07) is 2.43. The summed E-state index contributed by atoms with van der Waals surface area (Å²) in [4.78, 5) is 5.86. The smallest absolute Gasteiger partial charge is 0.334 e. The highest BCUT2D eigenvalue weighted by Crippen LogP contribution is 2.33. The summed E-state index contributed by atoms with van der Waals surface area (Å²) in [6.45, 7) is 0. The summed E-state index contributed by atoms with van der Waals surface area (Å²) in [7, 11) is -4.04. The normalized spacial score (nSPS) is 12.4. The molecular formula is C10H7ClF3N3O2S. The van der Waals surface area contributed by atoms with Crippen molar-refractivity contribution in [3.05, 3.63) is 41.3 Å². The topological polar surface area (TPSA) is 74.8 Å². The molecule has 5 nitrogen and oxygen atoms in total. The molecular weight excluding hydrogens is 319 g/mol. The van der Waals surface area contributed by atoms with Gasteiger partial charge in [-0.2, -0.15) is 21.6 Å². The zero-order valence-electron chi connectivity index (χ0n) is 9.57. The van der Waals surface area contributed by atoms with Crippen LogP contribution in [0.1, 0.15) is 5.56 Å². The second-order valence-corrected chi connectivity index (χ2v) is 5.83. The highest BCUT2D eigenvalue weighted by atomic mass is 35.5. The van der Waals surface area contributed by atoms with Crippen molar-refractivity contribution in [3.8, 4) is 0 Å². The van der Waals surface area contributed by atoms with E-state index in [1.807, 2.05) is 4.72 Å². The van der Waals surface area contributed by atoms with Crippen LogP contribution in [-0.2, 0) is 16.2 Å². The largest absolute Gasteiger partial charge is 0.416 e. The molecule has 0 aliphatic heterocycles. The summed E-state index contributed by atoms with van der Waals surface area (Å²) in [6.07, 6.45) is -2.47. The molecule has 1 aromatic carbocycles. The molecule has 0 amide bonds. The number of hydrogen-bond donors (Lipinski definition) is 2. The third kappa shape index (κ3) is 3.23. The fourth-order valence-electron chi connectivity index (χ4n) is 1.41. The summed E-state index contributed by atoms with van der Waals surface area (Å²) in [5, 5.41) is -0.506. The Morgan fingerprint density at radius 3 is 2.50 bits per heavy atom. The van der Waals surface area contributed by atoms with Gasteiger partial charge in [0.1, 0.15) is 0 Å². The van der Waals surface area contributed by atoms with Gasteiger partial charge in [-0.3, -0.25) is 4.72 Å². The van der Waals surface area contributed by atoms with Crippen molar-refractivity contribution in [3.63, 3.8) is 0 Å². The van der Waals surface area contributed by atoms with Crippen molar-refractivity contribution >= 4 is 27.3 Å². The van der Waals surface area contributed by atoms with E-state index in [0.717, 1.165) is 18.6 Å². The van der Waals surface area contributed by atoms with Crippen molar-refractivity contribution in [1.82, 2.24) is 9.97 Å². The van der Waals surface area contributed by atoms with Gasteiger partial charge in [0.05, 0.1) is 23.8 Å². The van der Waals surface area contributed by atoms with Crippen LogP contribution in [0.25, 0.3) is 0 Å².